The minimum atomic E-state index is -0.189. The van der Waals surface area contributed by atoms with Crippen LogP contribution in [0.25, 0.3) is 5.70 Å². The van der Waals surface area contributed by atoms with Gasteiger partial charge in [-0.2, -0.15) is 0 Å². The maximum absolute atomic E-state index is 9.09. The SMILES string of the molecule is N/C(=C\S)c1ccc(O)c(O)c1. The van der Waals surface area contributed by atoms with Crippen molar-refractivity contribution in [2.45, 2.75) is 0 Å². The van der Waals surface area contributed by atoms with Crippen molar-refractivity contribution in [3.63, 3.8) is 0 Å². The molecular formula is C8H9NO2S. The van der Waals surface area contributed by atoms with E-state index in [2.05, 4.69) is 12.6 Å². The lowest BCUT2D eigenvalue weighted by Gasteiger charge is -2.02. The Hall–Kier alpha value is -1.29. The van der Waals surface area contributed by atoms with Gasteiger partial charge in [0, 0.05) is 11.3 Å². The van der Waals surface area contributed by atoms with Crippen molar-refractivity contribution in [3.8, 4) is 11.5 Å². The molecule has 0 unspecified atom stereocenters. The van der Waals surface area contributed by atoms with Crippen LogP contribution in [-0.4, -0.2) is 10.2 Å². The fraction of sp³-hybridized carbons (Fsp3) is 0. The first-order valence-corrected chi connectivity index (χ1v) is 3.79. The second kappa shape index (κ2) is 3.40. The van der Waals surface area contributed by atoms with E-state index in [1.54, 1.807) is 6.07 Å². The van der Waals surface area contributed by atoms with Gasteiger partial charge in [0.2, 0.25) is 0 Å². The minimum Gasteiger partial charge on any atom is -0.504 e. The average Bonchev–Trinajstić information content (AvgIpc) is 2.08. The lowest BCUT2D eigenvalue weighted by molar-refractivity contribution is 0.403. The van der Waals surface area contributed by atoms with Crippen molar-refractivity contribution >= 4 is 18.3 Å². The van der Waals surface area contributed by atoms with E-state index in [9.17, 15) is 0 Å². The second-order valence-electron chi connectivity index (χ2n) is 2.29. The Kier molecular flexibility index (Phi) is 2.50. The van der Waals surface area contributed by atoms with Crippen molar-refractivity contribution in [1.29, 1.82) is 0 Å². The van der Waals surface area contributed by atoms with Gasteiger partial charge in [0.15, 0.2) is 11.5 Å². The molecule has 1 rings (SSSR count). The van der Waals surface area contributed by atoms with Crippen molar-refractivity contribution < 1.29 is 10.2 Å². The summed E-state index contributed by atoms with van der Waals surface area (Å²) in [6, 6.07) is 4.34. The number of phenolic OH excluding ortho intramolecular Hbond substituents is 2. The molecule has 0 heterocycles. The molecule has 0 aliphatic heterocycles. The molecule has 0 bridgehead atoms. The average molecular weight is 183 g/mol. The smallest absolute Gasteiger partial charge is 0.158 e. The van der Waals surface area contributed by atoms with Crippen LogP contribution in [0, 0.1) is 0 Å². The van der Waals surface area contributed by atoms with Gasteiger partial charge in [-0.15, -0.1) is 12.6 Å². The lowest BCUT2D eigenvalue weighted by atomic mass is 10.1. The van der Waals surface area contributed by atoms with E-state index in [1.165, 1.54) is 17.5 Å². The molecule has 12 heavy (non-hydrogen) atoms. The number of nitrogens with two attached hydrogens (primary N) is 1. The molecule has 0 aliphatic carbocycles. The second-order valence-corrected chi connectivity index (χ2v) is 2.55. The van der Waals surface area contributed by atoms with Gasteiger partial charge < -0.3 is 15.9 Å². The van der Waals surface area contributed by atoms with E-state index in [-0.39, 0.29) is 11.5 Å². The Labute approximate surface area is 75.6 Å². The van der Waals surface area contributed by atoms with Crippen LogP contribution in [0.2, 0.25) is 0 Å². The lowest BCUT2D eigenvalue weighted by Crippen LogP contribution is -1.94. The van der Waals surface area contributed by atoms with Crippen LogP contribution < -0.4 is 5.73 Å². The van der Waals surface area contributed by atoms with Gasteiger partial charge in [0.25, 0.3) is 0 Å². The number of phenols is 2. The Balaban J connectivity index is 3.13. The number of hydrogen-bond acceptors (Lipinski definition) is 4. The third kappa shape index (κ3) is 1.65. The van der Waals surface area contributed by atoms with Gasteiger partial charge in [-0.05, 0) is 23.6 Å². The summed E-state index contributed by atoms with van der Waals surface area (Å²) in [6.45, 7) is 0. The van der Waals surface area contributed by atoms with Crippen LogP contribution in [0.15, 0.2) is 23.6 Å². The molecule has 4 heteroatoms. The molecule has 0 aliphatic rings. The van der Waals surface area contributed by atoms with Gasteiger partial charge >= 0.3 is 0 Å². The summed E-state index contributed by atoms with van der Waals surface area (Å²) in [5, 5.41) is 19.5. The summed E-state index contributed by atoms with van der Waals surface area (Å²) in [7, 11) is 0. The summed E-state index contributed by atoms with van der Waals surface area (Å²) in [5.74, 6) is -0.351. The molecule has 0 saturated carbocycles. The molecule has 0 aromatic heterocycles. The number of rotatable bonds is 1. The van der Waals surface area contributed by atoms with Crippen LogP contribution >= 0.6 is 12.6 Å². The van der Waals surface area contributed by atoms with Crippen LogP contribution in [-0.2, 0) is 0 Å². The maximum Gasteiger partial charge on any atom is 0.158 e. The largest absolute Gasteiger partial charge is 0.504 e. The fourth-order valence-electron chi connectivity index (χ4n) is 0.778. The Bertz CT molecular complexity index is 323. The summed E-state index contributed by atoms with van der Waals surface area (Å²) in [4.78, 5) is 0. The van der Waals surface area contributed by atoms with Gasteiger partial charge in [-0.3, -0.25) is 0 Å². The van der Waals surface area contributed by atoms with E-state index in [4.69, 9.17) is 15.9 Å². The normalized spacial score (nSPS) is 11.6. The van der Waals surface area contributed by atoms with Gasteiger partial charge in [-0.1, -0.05) is 0 Å². The van der Waals surface area contributed by atoms with E-state index in [0.29, 0.717) is 11.3 Å². The third-order valence-electron chi connectivity index (χ3n) is 1.45. The standard InChI is InChI=1S/C8H9NO2S/c9-6(4-12)5-1-2-7(10)8(11)3-5/h1-4,10-12H,9H2/b6-4-. The van der Waals surface area contributed by atoms with Crippen LogP contribution in [0.4, 0.5) is 0 Å². The zero-order valence-electron chi connectivity index (χ0n) is 6.23. The zero-order chi connectivity index (χ0) is 9.14. The number of benzene rings is 1. The van der Waals surface area contributed by atoms with Gasteiger partial charge in [0.05, 0.1) is 0 Å². The quantitative estimate of drug-likeness (QED) is 0.392. The third-order valence-corrected chi connectivity index (χ3v) is 1.73. The Morgan fingerprint density at radius 3 is 2.50 bits per heavy atom. The summed E-state index contributed by atoms with van der Waals surface area (Å²) < 4.78 is 0. The first-order valence-electron chi connectivity index (χ1n) is 3.27. The van der Waals surface area contributed by atoms with Crippen molar-refractivity contribution in [2.75, 3.05) is 0 Å². The number of thiol groups is 1. The highest BCUT2D eigenvalue weighted by Gasteiger charge is 2.01. The Morgan fingerprint density at radius 2 is 2.00 bits per heavy atom. The first kappa shape index (κ1) is 8.80. The monoisotopic (exact) mass is 183 g/mol. The molecule has 0 atom stereocenters. The topological polar surface area (TPSA) is 66.5 Å². The van der Waals surface area contributed by atoms with Crippen LogP contribution in [0.3, 0.4) is 0 Å². The van der Waals surface area contributed by atoms with Gasteiger partial charge in [0.1, 0.15) is 0 Å². The van der Waals surface area contributed by atoms with Gasteiger partial charge in [-0.25, -0.2) is 0 Å². The Morgan fingerprint density at radius 1 is 1.33 bits per heavy atom. The summed E-state index contributed by atoms with van der Waals surface area (Å²) >= 11 is 3.86. The molecule has 64 valence electrons. The molecule has 0 spiro atoms. The van der Waals surface area contributed by atoms with Crippen molar-refractivity contribution in [3.05, 3.63) is 29.2 Å². The number of aromatic hydroxyl groups is 2. The van der Waals surface area contributed by atoms with Crippen molar-refractivity contribution in [1.82, 2.24) is 0 Å². The van der Waals surface area contributed by atoms with E-state index < -0.39 is 0 Å². The molecule has 4 N–H and O–H groups in total. The molecule has 1 aromatic carbocycles. The van der Waals surface area contributed by atoms with E-state index in [1.807, 2.05) is 0 Å². The van der Waals surface area contributed by atoms with E-state index >= 15 is 0 Å². The maximum atomic E-state index is 9.09. The summed E-state index contributed by atoms with van der Waals surface area (Å²) in [5.41, 5.74) is 6.57. The molecule has 0 amide bonds. The van der Waals surface area contributed by atoms with Crippen LogP contribution in [0.1, 0.15) is 5.56 Å². The fourth-order valence-corrected chi connectivity index (χ4v) is 0.927. The highest BCUT2D eigenvalue weighted by Crippen LogP contribution is 2.26. The highest BCUT2D eigenvalue weighted by molar-refractivity contribution is 7.83. The number of hydrogen-bond donors (Lipinski definition) is 4. The predicted molar refractivity (Wildman–Crippen MR) is 50.9 cm³/mol. The minimum absolute atomic E-state index is 0.161. The van der Waals surface area contributed by atoms with E-state index in [0.717, 1.165) is 0 Å². The molecule has 1 aromatic rings. The molecular weight excluding hydrogens is 174 g/mol. The highest BCUT2D eigenvalue weighted by atomic mass is 32.1. The molecule has 0 fully saturated rings. The van der Waals surface area contributed by atoms with Crippen LogP contribution in [0.5, 0.6) is 11.5 Å². The summed E-state index contributed by atoms with van der Waals surface area (Å²) in [6.07, 6.45) is 0. The molecule has 3 nitrogen and oxygen atoms in total. The first-order chi connectivity index (χ1) is 5.65. The molecule has 0 saturated heterocycles. The predicted octanol–water partition coefficient (Wildman–Crippen LogP) is 1.28. The van der Waals surface area contributed by atoms with Crippen molar-refractivity contribution in [2.24, 2.45) is 5.73 Å². The molecule has 0 radical (unpaired) electrons. The zero-order valence-corrected chi connectivity index (χ0v) is 7.12.